The molecule has 0 aromatic carbocycles. The standard InChI is InChI=1S/C16H32N2O3/c1-5-18(13-14-9-7-12-21-14)11-8-10-16(3,17-4)15(19)20-6-2/h14,17H,5-13H2,1-4H3. The minimum atomic E-state index is -0.584. The molecule has 124 valence electrons. The Labute approximate surface area is 129 Å². The Hall–Kier alpha value is -0.650. The first-order valence-corrected chi connectivity index (χ1v) is 8.25. The van der Waals surface area contributed by atoms with Crippen LogP contribution in [0.2, 0.25) is 0 Å². The van der Waals surface area contributed by atoms with Crippen molar-refractivity contribution in [2.75, 3.05) is 39.9 Å². The Morgan fingerprint density at radius 2 is 2.24 bits per heavy atom. The summed E-state index contributed by atoms with van der Waals surface area (Å²) in [5.41, 5.74) is -0.584. The number of carbonyl (C=O) groups excluding carboxylic acids is 1. The van der Waals surface area contributed by atoms with Gasteiger partial charge in [0.2, 0.25) is 0 Å². The van der Waals surface area contributed by atoms with Crippen molar-refractivity contribution in [1.29, 1.82) is 0 Å². The van der Waals surface area contributed by atoms with E-state index in [2.05, 4.69) is 17.1 Å². The minimum absolute atomic E-state index is 0.158. The number of carbonyl (C=O) groups is 1. The zero-order valence-corrected chi connectivity index (χ0v) is 14.1. The van der Waals surface area contributed by atoms with Crippen LogP contribution >= 0.6 is 0 Å². The van der Waals surface area contributed by atoms with Crippen molar-refractivity contribution in [3.63, 3.8) is 0 Å². The fourth-order valence-corrected chi connectivity index (χ4v) is 2.73. The van der Waals surface area contributed by atoms with Gasteiger partial charge >= 0.3 is 5.97 Å². The topological polar surface area (TPSA) is 50.8 Å². The van der Waals surface area contributed by atoms with E-state index >= 15 is 0 Å². The largest absolute Gasteiger partial charge is 0.465 e. The highest BCUT2D eigenvalue weighted by Crippen LogP contribution is 2.17. The van der Waals surface area contributed by atoms with E-state index in [1.54, 1.807) is 0 Å². The molecule has 0 aromatic rings. The average molecular weight is 300 g/mol. The van der Waals surface area contributed by atoms with E-state index in [1.165, 1.54) is 12.8 Å². The number of hydrogen-bond acceptors (Lipinski definition) is 5. The summed E-state index contributed by atoms with van der Waals surface area (Å²) in [5.74, 6) is -0.158. The van der Waals surface area contributed by atoms with Gasteiger partial charge in [-0.1, -0.05) is 6.92 Å². The lowest BCUT2D eigenvalue weighted by Gasteiger charge is -2.29. The molecule has 1 fully saturated rings. The summed E-state index contributed by atoms with van der Waals surface area (Å²) in [6, 6.07) is 0. The van der Waals surface area contributed by atoms with Gasteiger partial charge in [0, 0.05) is 13.2 Å². The average Bonchev–Trinajstić information content (AvgIpc) is 2.99. The summed E-state index contributed by atoms with van der Waals surface area (Å²) >= 11 is 0. The summed E-state index contributed by atoms with van der Waals surface area (Å²) in [7, 11) is 1.82. The van der Waals surface area contributed by atoms with Crippen molar-refractivity contribution in [2.45, 2.75) is 58.1 Å². The fourth-order valence-electron chi connectivity index (χ4n) is 2.73. The van der Waals surface area contributed by atoms with Crippen LogP contribution in [0.5, 0.6) is 0 Å². The Bertz CT molecular complexity index is 306. The molecule has 2 atom stereocenters. The molecule has 1 heterocycles. The molecule has 5 heteroatoms. The van der Waals surface area contributed by atoms with Crippen LogP contribution in [-0.2, 0) is 14.3 Å². The Morgan fingerprint density at radius 1 is 1.48 bits per heavy atom. The lowest BCUT2D eigenvalue weighted by atomic mass is 9.96. The molecule has 0 aliphatic carbocycles. The molecule has 0 radical (unpaired) electrons. The van der Waals surface area contributed by atoms with Crippen molar-refractivity contribution in [3.05, 3.63) is 0 Å². The number of ether oxygens (including phenoxy) is 2. The summed E-state index contributed by atoms with van der Waals surface area (Å²) in [6.07, 6.45) is 4.50. The van der Waals surface area contributed by atoms with Crippen molar-refractivity contribution >= 4 is 5.97 Å². The highest BCUT2D eigenvalue weighted by atomic mass is 16.5. The maximum absolute atomic E-state index is 12.0. The molecular formula is C16H32N2O3. The van der Waals surface area contributed by atoms with Crippen LogP contribution in [0.1, 0.15) is 46.5 Å². The summed E-state index contributed by atoms with van der Waals surface area (Å²) in [6.45, 7) is 10.3. The van der Waals surface area contributed by atoms with E-state index in [0.717, 1.165) is 39.1 Å². The van der Waals surface area contributed by atoms with Gasteiger partial charge in [0.25, 0.3) is 0 Å². The Morgan fingerprint density at radius 3 is 2.76 bits per heavy atom. The molecule has 2 unspecified atom stereocenters. The summed E-state index contributed by atoms with van der Waals surface area (Å²) < 4.78 is 10.9. The van der Waals surface area contributed by atoms with Crippen molar-refractivity contribution < 1.29 is 14.3 Å². The molecule has 0 amide bonds. The Balaban J connectivity index is 2.35. The van der Waals surface area contributed by atoms with Crippen LogP contribution in [0.3, 0.4) is 0 Å². The molecule has 0 bridgehead atoms. The first-order chi connectivity index (χ1) is 10.1. The lowest BCUT2D eigenvalue weighted by molar-refractivity contribution is -0.150. The predicted molar refractivity (Wildman–Crippen MR) is 84.4 cm³/mol. The molecule has 1 aliphatic heterocycles. The van der Waals surface area contributed by atoms with Gasteiger partial charge in [-0.25, -0.2) is 0 Å². The zero-order valence-electron chi connectivity index (χ0n) is 14.1. The van der Waals surface area contributed by atoms with Gasteiger partial charge in [-0.3, -0.25) is 4.79 Å². The van der Waals surface area contributed by atoms with Gasteiger partial charge in [-0.15, -0.1) is 0 Å². The monoisotopic (exact) mass is 300 g/mol. The molecule has 21 heavy (non-hydrogen) atoms. The van der Waals surface area contributed by atoms with Crippen LogP contribution in [0.15, 0.2) is 0 Å². The quantitative estimate of drug-likeness (QED) is 0.624. The van der Waals surface area contributed by atoms with Crippen LogP contribution in [0.4, 0.5) is 0 Å². The Kier molecular flexibility index (Phi) is 8.22. The van der Waals surface area contributed by atoms with Crippen molar-refractivity contribution in [3.8, 4) is 0 Å². The molecule has 0 saturated carbocycles. The van der Waals surface area contributed by atoms with E-state index in [4.69, 9.17) is 9.47 Å². The first-order valence-electron chi connectivity index (χ1n) is 8.25. The maximum atomic E-state index is 12.0. The molecule has 5 nitrogen and oxygen atoms in total. The number of nitrogens with one attached hydrogen (secondary N) is 1. The number of rotatable bonds is 10. The van der Waals surface area contributed by atoms with E-state index in [1.807, 2.05) is 20.9 Å². The third kappa shape index (κ3) is 5.93. The van der Waals surface area contributed by atoms with Gasteiger partial charge in [-0.05, 0) is 59.7 Å². The second-order valence-corrected chi connectivity index (χ2v) is 5.93. The highest BCUT2D eigenvalue weighted by Gasteiger charge is 2.32. The normalized spacial score (nSPS) is 21.5. The molecule has 1 saturated heterocycles. The number of nitrogens with zero attached hydrogens (tertiary/aromatic N) is 1. The van der Waals surface area contributed by atoms with Gasteiger partial charge in [0.1, 0.15) is 5.54 Å². The molecular weight excluding hydrogens is 268 g/mol. The van der Waals surface area contributed by atoms with Crippen LogP contribution < -0.4 is 5.32 Å². The molecule has 1 aliphatic rings. The zero-order chi connectivity index (χ0) is 15.7. The number of esters is 1. The van der Waals surface area contributed by atoms with Gasteiger partial charge in [0.15, 0.2) is 0 Å². The van der Waals surface area contributed by atoms with Gasteiger partial charge in [-0.2, -0.15) is 0 Å². The van der Waals surface area contributed by atoms with Gasteiger partial charge < -0.3 is 19.7 Å². The summed E-state index contributed by atoms with van der Waals surface area (Å²) in [5, 5.41) is 3.11. The SMILES string of the molecule is CCOC(=O)C(C)(CCCN(CC)CC1CCCO1)NC. The minimum Gasteiger partial charge on any atom is -0.465 e. The van der Waals surface area contributed by atoms with Crippen molar-refractivity contribution in [2.24, 2.45) is 0 Å². The van der Waals surface area contributed by atoms with Crippen LogP contribution in [0, 0.1) is 0 Å². The molecule has 1 rings (SSSR count). The number of likely N-dealkylation sites (N-methyl/N-ethyl adjacent to an activating group) is 2. The highest BCUT2D eigenvalue weighted by molar-refractivity contribution is 5.80. The van der Waals surface area contributed by atoms with Crippen LogP contribution in [-0.4, -0.2) is 62.4 Å². The third-order valence-electron chi connectivity index (χ3n) is 4.36. The second-order valence-electron chi connectivity index (χ2n) is 5.93. The predicted octanol–water partition coefficient (Wildman–Crippen LogP) is 1.81. The molecule has 1 N–H and O–H groups in total. The smallest absolute Gasteiger partial charge is 0.326 e. The lowest BCUT2D eigenvalue weighted by Crippen LogP contribution is -2.49. The summed E-state index contributed by atoms with van der Waals surface area (Å²) in [4.78, 5) is 14.4. The fraction of sp³-hybridized carbons (Fsp3) is 0.938. The third-order valence-corrected chi connectivity index (χ3v) is 4.36. The van der Waals surface area contributed by atoms with Gasteiger partial charge in [0.05, 0.1) is 12.7 Å². The van der Waals surface area contributed by atoms with Crippen LogP contribution in [0.25, 0.3) is 0 Å². The van der Waals surface area contributed by atoms with E-state index in [9.17, 15) is 4.79 Å². The maximum Gasteiger partial charge on any atom is 0.326 e. The van der Waals surface area contributed by atoms with E-state index in [0.29, 0.717) is 12.7 Å². The molecule has 0 spiro atoms. The molecule has 0 aromatic heterocycles. The van der Waals surface area contributed by atoms with Crippen molar-refractivity contribution in [1.82, 2.24) is 10.2 Å². The first kappa shape index (κ1) is 18.4. The van der Waals surface area contributed by atoms with E-state index < -0.39 is 5.54 Å². The second kappa shape index (κ2) is 9.38. The number of hydrogen-bond donors (Lipinski definition) is 1. The van der Waals surface area contributed by atoms with E-state index in [-0.39, 0.29) is 5.97 Å².